The van der Waals surface area contributed by atoms with E-state index in [4.69, 9.17) is 5.73 Å². The van der Waals surface area contributed by atoms with Crippen LogP contribution in [0.5, 0.6) is 0 Å². The van der Waals surface area contributed by atoms with Crippen LogP contribution in [0.2, 0.25) is 0 Å². The van der Waals surface area contributed by atoms with E-state index in [0.29, 0.717) is 0 Å². The van der Waals surface area contributed by atoms with Crippen LogP contribution in [0.25, 0.3) is 0 Å². The molecule has 0 aliphatic heterocycles. The van der Waals surface area contributed by atoms with Gasteiger partial charge in [0.2, 0.25) is 0 Å². The van der Waals surface area contributed by atoms with Crippen LogP contribution in [0.3, 0.4) is 0 Å². The summed E-state index contributed by atoms with van der Waals surface area (Å²) in [5, 5.41) is 8.45. The van der Waals surface area contributed by atoms with Crippen molar-refractivity contribution in [3.05, 3.63) is 35.9 Å². The van der Waals surface area contributed by atoms with Gasteiger partial charge in [0.25, 0.3) is 0 Å². The highest BCUT2D eigenvalue weighted by Gasteiger charge is 2.58. The molecule has 102 valence electrons. The molecule has 0 aromatic carbocycles. The first-order valence-electron chi connectivity index (χ1n) is 5.14. The number of nitrogens with zero attached hydrogens (tertiary/aromatic N) is 2. The zero-order valence-corrected chi connectivity index (χ0v) is 9.44. The summed E-state index contributed by atoms with van der Waals surface area (Å²) < 4.78 is 44.6. The second kappa shape index (κ2) is 4.41. The number of nitrogens with two attached hydrogens (primary N) is 1. The van der Waals surface area contributed by atoms with E-state index in [1.807, 2.05) is 0 Å². The molecule has 0 spiro atoms. The summed E-state index contributed by atoms with van der Waals surface area (Å²) in [6.45, 7) is 0. The zero-order valence-electron chi connectivity index (χ0n) is 9.44. The van der Waals surface area contributed by atoms with Crippen LogP contribution in [-0.4, -0.2) is 22.6 Å². The van der Waals surface area contributed by atoms with Gasteiger partial charge in [-0.25, -0.2) is 4.79 Å². The molecule has 0 bridgehead atoms. The van der Waals surface area contributed by atoms with Crippen LogP contribution in [0.4, 0.5) is 18.0 Å². The van der Waals surface area contributed by atoms with E-state index >= 15 is 0 Å². The van der Waals surface area contributed by atoms with Crippen molar-refractivity contribution in [2.24, 2.45) is 5.73 Å². The largest absolute Gasteiger partial charge is 0.405 e. The molecule has 1 aromatic heterocycles. The van der Waals surface area contributed by atoms with E-state index in [-0.39, 0.29) is 5.70 Å². The van der Waals surface area contributed by atoms with Crippen LogP contribution in [0.15, 0.2) is 34.6 Å². The Bertz CT molecular complexity index is 535. The van der Waals surface area contributed by atoms with Gasteiger partial charge in [0.1, 0.15) is 0 Å². The highest BCUT2D eigenvalue weighted by atomic mass is 19.4. The maximum atomic E-state index is 13.3. The second-order valence-corrected chi connectivity index (χ2v) is 3.97. The summed E-state index contributed by atoms with van der Waals surface area (Å²) in [6, 6.07) is -0.937. The molecule has 1 heterocycles. The lowest BCUT2D eigenvalue weighted by Crippen LogP contribution is -2.44. The quantitative estimate of drug-likeness (QED) is 0.851. The molecule has 0 radical (unpaired) electrons. The average molecular weight is 274 g/mol. The van der Waals surface area contributed by atoms with Crippen LogP contribution in [0.1, 0.15) is 12.2 Å². The Morgan fingerprint density at radius 3 is 2.79 bits per heavy atom. The minimum Gasteiger partial charge on any atom is -0.351 e. The van der Waals surface area contributed by atoms with Gasteiger partial charge in [0.05, 0.1) is 6.20 Å². The number of carbonyl (C=O) groups excluding carboxylic acids is 1. The fourth-order valence-electron chi connectivity index (χ4n) is 1.86. The number of hydrogen-bond donors (Lipinski definition) is 2. The number of urea groups is 1. The Balaban J connectivity index is 2.41. The monoisotopic (exact) mass is 274 g/mol. The van der Waals surface area contributed by atoms with Crippen molar-refractivity contribution in [1.82, 2.24) is 15.7 Å². The smallest absolute Gasteiger partial charge is 0.351 e. The van der Waals surface area contributed by atoms with Gasteiger partial charge in [0, 0.05) is 17.4 Å². The molecular weight excluding hydrogens is 265 g/mol. The summed E-state index contributed by atoms with van der Waals surface area (Å²) in [5.41, 5.74) is 2.51. The van der Waals surface area contributed by atoms with Gasteiger partial charge in [-0.05, 0) is 6.08 Å². The van der Waals surface area contributed by atoms with Gasteiger partial charge < -0.3 is 15.6 Å². The summed E-state index contributed by atoms with van der Waals surface area (Å²) >= 11 is 0. The molecule has 0 saturated heterocycles. The van der Waals surface area contributed by atoms with Gasteiger partial charge in [-0.3, -0.25) is 0 Å². The summed E-state index contributed by atoms with van der Waals surface area (Å²) in [4.78, 5) is 10.7. The van der Waals surface area contributed by atoms with Crippen molar-refractivity contribution in [2.45, 2.75) is 18.0 Å². The fraction of sp³-hybridized carbons (Fsp3) is 0.300. The van der Waals surface area contributed by atoms with Crippen molar-refractivity contribution >= 4 is 6.03 Å². The molecule has 1 aliphatic carbocycles. The fourth-order valence-corrected chi connectivity index (χ4v) is 1.86. The molecule has 9 heteroatoms. The topological polar surface area (TPSA) is 94.0 Å². The Labute approximate surface area is 105 Å². The summed E-state index contributed by atoms with van der Waals surface area (Å²) in [6.07, 6.45) is -0.855. The number of halogens is 3. The maximum absolute atomic E-state index is 13.3. The third-order valence-electron chi connectivity index (χ3n) is 2.74. The number of alkyl halides is 3. The second-order valence-electron chi connectivity index (χ2n) is 3.97. The van der Waals surface area contributed by atoms with Crippen LogP contribution < -0.4 is 11.1 Å². The number of allylic oxidation sites excluding steroid dienone is 4. The standard InChI is InChI=1S/C10H9F3N4O2/c11-10(12,13)9(7-5-15-17-19-7)3-1-2-6(4-9)16-8(14)18/h1-3,5H,4H2,(H3,14,16,18). The van der Waals surface area contributed by atoms with Crippen molar-refractivity contribution in [3.8, 4) is 0 Å². The zero-order chi connectivity index (χ0) is 14.1. The normalized spacial score (nSPS) is 23.0. The molecule has 2 amide bonds. The molecule has 6 nitrogen and oxygen atoms in total. The molecular formula is C10H9F3N4O2. The Morgan fingerprint density at radius 1 is 1.53 bits per heavy atom. The predicted octanol–water partition coefficient (Wildman–Crippen LogP) is 1.38. The lowest BCUT2D eigenvalue weighted by Gasteiger charge is -2.32. The Hall–Kier alpha value is -2.32. The number of rotatable bonds is 2. The van der Waals surface area contributed by atoms with Crippen LogP contribution in [0, 0.1) is 0 Å². The summed E-state index contributed by atoms with van der Waals surface area (Å²) in [7, 11) is 0. The molecule has 1 atom stereocenters. The maximum Gasteiger partial charge on any atom is 0.405 e. The van der Waals surface area contributed by atoms with Crippen molar-refractivity contribution in [1.29, 1.82) is 0 Å². The van der Waals surface area contributed by atoms with E-state index in [0.717, 1.165) is 12.3 Å². The molecule has 0 fully saturated rings. The van der Waals surface area contributed by atoms with Crippen molar-refractivity contribution in [3.63, 3.8) is 0 Å². The molecule has 1 aliphatic rings. The number of primary amides is 1. The lowest BCUT2D eigenvalue weighted by molar-refractivity contribution is -0.181. The van der Waals surface area contributed by atoms with Gasteiger partial charge in [-0.15, -0.1) is 5.10 Å². The number of nitrogens with one attached hydrogen (secondary N) is 1. The highest BCUT2D eigenvalue weighted by Crippen LogP contribution is 2.47. The van der Waals surface area contributed by atoms with Gasteiger partial charge in [-0.2, -0.15) is 13.2 Å². The van der Waals surface area contributed by atoms with Crippen LogP contribution in [-0.2, 0) is 5.41 Å². The Morgan fingerprint density at radius 2 is 2.26 bits per heavy atom. The minimum atomic E-state index is -4.64. The van der Waals surface area contributed by atoms with Crippen LogP contribution >= 0.6 is 0 Å². The Kier molecular flexibility index (Phi) is 3.05. The number of aromatic nitrogens is 2. The lowest BCUT2D eigenvalue weighted by atomic mass is 9.77. The minimum absolute atomic E-state index is 0.0312. The van der Waals surface area contributed by atoms with Crippen molar-refractivity contribution < 1.29 is 22.5 Å². The molecule has 19 heavy (non-hydrogen) atoms. The number of amides is 2. The average Bonchev–Trinajstić information content (AvgIpc) is 2.80. The first kappa shape index (κ1) is 13.1. The molecule has 2 rings (SSSR count). The van der Waals surface area contributed by atoms with Gasteiger partial charge in [-0.1, -0.05) is 12.2 Å². The molecule has 1 aromatic rings. The van der Waals surface area contributed by atoms with E-state index in [1.165, 1.54) is 12.2 Å². The summed E-state index contributed by atoms with van der Waals surface area (Å²) in [5.74, 6) is -0.451. The first-order chi connectivity index (χ1) is 8.85. The highest BCUT2D eigenvalue weighted by molar-refractivity contribution is 5.74. The third kappa shape index (κ3) is 2.30. The predicted molar refractivity (Wildman–Crippen MR) is 56.6 cm³/mol. The molecule has 0 saturated carbocycles. The SMILES string of the molecule is NC(=O)NC1=CC=CC(c2cnno2)(C(F)(F)F)C1. The van der Waals surface area contributed by atoms with Gasteiger partial charge in [0.15, 0.2) is 11.2 Å². The molecule has 3 N–H and O–H groups in total. The first-order valence-corrected chi connectivity index (χ1v) is 5.14. The van der Waals surface area contributed by atoms with Gasteiger partial charge >= 0.3 is 12.2 Å². The van der Waals surface area contributed by atoms with E-state index in [9.17, 15) is 18.0 Å². The van der Waals surface area contributed by atoms with E-state index < -0.39 is 29.8 Å². The number of hydrogen-bond acceptors (Lipinski definition) is 4. The molecule has 1 unspecified atom stereocenters. The number of carbonyl (C=O) groups is 1. The van der Waals surface area contributed by atoms with E-state index in [1.54, 1.807) is 0 Å². The van der Waals surface area contributed by atoms with E-state index in [2.05, 4.69) is 20.2 Å². The van der Waals surface area contributed by atoms with Crippen molar-refractivity contribution in [2.75, 3.05) is 0 Å². The third-order valence-corrected chi connectivity index (χ3v) is 2.74.